The predicted octanol–water partition coefficient (Wildman–Crippen LogP) is 3.57. The Kier molecular flexibility index (Phi) is 5.42. The number of aromatic nitrogens is 2. The Labute approximate surface area is 169 Å². The number of carbonyl (C=O) groups is 2. The summed E-state index contributed by atoms with van der Waals surface area (Å²) in [4.78, 5) is 26.7. The molecule has 29 heavy (non-hydrogen) atoms. The van der Waals surface area contributed by atoms with Crippen molar-refractivity contribution in [2.24, 2.45) is 0 Å². The summed E-state index contributed by atoms with van der Waals surface area (Å²) in [5.41, 5.74) is 3.05. The van der Waals surface area contributed by atoms with Crippen LogP contribution in [0.5, 0.6) is 0 Å². The first-order chi connectivity index (χ1) is 14.1. The van der Waals surface area contributed by atoms with Gasteiger partial charge in [0.25, 0.3) is 5.91 Å². The molecule has 1 aliphatic rings. The maximum absolute atomic E-state index is 12.7. The Hall–Kier alpha value is -3.41. The number of likely N-dealkylation sites (N-methyl/N-ethyl adjacent to an activating group) is 1. The molecule has 148 valence electrons. The molecule has 1 saturated carbocycles. The van der Waals surface area contributed by atoms with Crippen molar-refractivity contribution in [2.45, 2.75) is 25.3 Å². The van der Waals surface area contributed by atoms with Crippen LogP contribution in [0.4, 0.5) is 0 Å². The summed E-state index contributed by atoms with van der Waals surface area (Å²) < 4.78 is 6.94. The monoisotopic (exact) mass is 389 g/mol. The van der Waals surface area contributed by atoms with Crippen molar-refractivity contribution in [2.75, 3.05) is 13.7 Å². The van der Waals surface area contributed by atoms with Gasteiger partial charge in [-0.05, 0) is 36.6 Å². The van der Waals surface area contributed by atoms with Gasteiger partial charge in [0.2, 0.25) is 0 Å². The van der Waals surface area contributed by atoms with E-state index in [0.717, 1.165) is 29.8 Å². The van der Waals surface area contributed by atoms with E-state index in [2.05, 4.69) is 5.10 Å². The highest BCUT2D eigenvalue weighted by Crippen LogP contribution is 2.39. The van der Waals surface area contributed by atoms with Gasteiger partial charge in [-0.2, -0.15) is 5.10 Å². The second-order valence-corrected chi connectivity index (χ2v) is 7.29. The summed E-state index contributed by atoms with van der Waals surface area (Å²) in [6.07, 6.45) is 2.17. The average molecular weight is 389 g/mol. The Bertz CT molecular complexity index is 995. The number of benzene rings is 2. The second kappa shape index (κ2) is 8.31. The Morgan fingerprint density at radius 1 is 1.07 bits per heavy atom. The minimum Gasteiger partial charge on any atom is -0.451 e. The van der Waals surface area contributed by atoms with Gasteiger partial charge in [-0.25, -0.2) is 9.48 Å². The fraction of sp³-hybridized carbons (Fsp3) is 0.261. The highest BCUT2D eigenvalue weighted by molar-refractivity contribution is 5.90. The molecular weight excluding hydrogens is 366 g/mol. The van der Waals surface area contributed by atoms with E-state index in [1.54, 1.807) is 22.7 Å². The number of nitrogens with zero attached hydrogens (tertiary/aromatic N) is 3. The Morgan fingerprint density at radius 3 is 2.38 bits per heavy atom. The number of rotatable bonds is 7. The summed E-state index contributed by atoms with van der Waals surface area (Å²) >= 11 is 0. The van der Waals surface area contributed by atoms with Crippen LogP contribution in [-0.2, 0) is 16.1 Å². The number of hydrogen-bond acceptors (Lipinski definition) is 4. The fourth-order valence-corrected chi connectivity index (χ4v) is 3.15. The zero-order chi connectivity index (χ0) is 20.2. The molecule has 0 atom stereocenters. The van der Waals surface area contributed by atoms with Crippen molar-refractivity contribution in [1.82, 2.24) is 14.7 Å². The number of hydrogen-bond donors (Lipinski definition) is 0. The molecule has 0 aliphatic heterocycles. The van der Waals surface area contributed by atoms with Crippen LogP contribution in [0.15, 0.2) is 66.7 Å². The first-order valence-corrected chi connectivity index (χ1v) is 9.72. The fourth-order valence-electron chi connectivity index (χ4n) is 3.15. The number of ether oxygens (including phenoxy) is 1. The Morgan fingerprint density at radius 2 is 1.72 bits per heavy atom. The lowest BCUT2D eigenvalue weighted by molar-refractivity contribution is -0.133. The van der Waals surface area contributed by atoms with Gasteiger partial charge in [-0.1, -0.05) is 48.5 Å². The van der Waals surface area contributed by atoms with Crippen LogP contribution < -0.4 is 0 Å². The number of para-hydroxylation sites is 1. The molecule has 6 heteroatoms. The van der Waals surface area contributed by atoms with Gasteiger partial charge in [0.15, 0.2) is 12.3 Å². The highest BCUT2D eigenvalue weighted by Gasteiger charge is 2.29. The van der Waals surface area contributed by atoms with Crippen LogP contribution in [-0.4, -0.2) is 40.2 Å². The van der Waals surface area contributed by atoms with Gasteiger partial charge in [0.05, 0.1) is 11.4 Å². The van der Waals surface area contributed by atoms with Gasteiger partial charge < -0.3 is 9.64 Å². The van der Waals surface area contributed by atoms with E-state index in [-0.39, 0.29) is 12.5 Å². The van der Waals surface area contributed by atoms with Crippen LogP contribution in [0.3, 0.4) is 0 Å². The highest BCUT2D eigenvalue weighted by atomic mass is 16.5. The lowest BCUT2D eigenvalue weighted by Crippen LogP contribution is -2.31. The van der Waals surface area contributed by atoms with Gasteiger partial charge in [-0.15, -0.1) is 0 Å². The van der Waals surface area contributed by atoms with E-state index in [1.165, 1.54) is 0 Å². The van der Waals surface area contributed by atoms with Crippen molar-refractivity contribution in [1.29, 1.82) is 0 Å². The number of carbonyl (C=O) groups excluding carboxylic acids is 2. The summed E-state index contributed by atoms with van der Waals surface area (Å²) in [5, 5.41) is 4.60. The predicted molar refractivity (Wildman–Crippen MR) is 109 cm³/mol. The first kappa shape index (κ1) is 18.9. The minimum absolute atomic E-state index is 0.254. The average Bonchev–Trinajstić information content (AvgIpc) is 3.51. The van der Waals surface area contributed by atoms with E-state index < -0.39 is 5.97 Å². The molecule has 0 saturated heterocycles. The number of esters is 1. The largest absolute Gasteiger partial charge is 0.451 e. The number of amides is 1. The van der Waals surface area contributed by atoms with Crippen LogP contribution in [0.1, 0.15) is 40.5 Å². The molecule has 1 aromatic heterocycles. The van der Waals surface area contributed by atoms with E-state index in [1.807, 2.05) is 60.7 Å². The molecule has 6 nitrogen and oxygen atoms in total. The molecule has 4 rings (SSSR count). The van der Waals surface area contributed by atoms with Crippen molar-refractivity contribution >= 4 is 11.9 Å². The van der Waals surface area contributed by atoms with Gasteiger partial charge in [-0.3, -0.25) is 4.79 Å². The molecule has 1 heterocycles. The van der Waals surface area contributed by atoms with E-state index in [0.29, 0.717) is 18.2 Å². The topological polar surface area (TPSA) is 64.4 Å². The molecule has 0 unspecified atom stereocenters. The molecule has 0 spiro atoms. The maximum atomic E-state index is 12.7. The van der Waals surface area contributed by atoms with Crippen molar-refractivity contribution in [3.63, 3.8) is 0 Å². The lowest BCUT2D eigenvalue weighted by Gasteiger charge is -2.17. The Balaban J connectivity index is 1.43. The summed E-state index contributed by atoms with van der Waals surface area (Å²) in [5.74, 6) is -0.393. The summed E-state index contributed by atoms with van der Waals surface area (Å²) in [6.45, 7) is 0.159. The lowest BCUT2D eigenvalue weighted by atomic mass is 10.2. The van der Waals surface area contributed by atoms with E-state index in [9.17, 15) is 9.59 Å². The second-order valence-electron chi connectivity index (χ2n) is 7.29. The van der Waals surface area contributed by atoms with Crippen LogP contribution in [0.2, 0.25) is 0 Å². The normalized spacial score (nSPS) is 13.1. The minimum atomic E-state index is -0.547. The summed E-state index contributed by atoms with van der Waals surface area (Å²) in [6, 6.07) is 20.9. The molecule has 3 aromatic rings. The van der Waals surface area contributed by atoms with Gasteiger partial charge >= 0.3 is 5.97 Å². The zero-order valence-electron chi connectivity index (χ0n) is 16.3. The van der Waals surface area contributed by atoms with Crippen molar-refractivity contribution in [3.8, 4) is 5.69 Å². The molecule has 1 aliphatic carbocycles. The molecule has 0 bridgehead atoms. The third-order valence-electron chi connectivity index (χ3n) is 4.95. The first-order valence-electron chi connectivity index (χ1n) is 9.72. The quantitative estimate of drug-likeness (QED) is 0.580. The maximum Gasteiger partial charge on any atom is 0.357 e. The molecule has 2 aromatic carbocycles. The molecule has 1 fully saturated rings. The molecule has 0 N–H and O–H groups in total. The van der Waals surface area contributed by atoms with Crippen molar-refractivity contribution < 1.29 is 14.3 Å². The van der Waals surface area contributed by atoms with Crippen molar-refractivity contribution in [3.05, 3.63) is 83.7 Å². The molecule has 1 amide bonds. The zero-order valence-corrected chi connectivity index (χ0v) is 16.3. The summed E-state index contributed by atoms with van der Waals surface area (Å²) in [7, 11) is 1.70. The third-order valence-corrected chi connectivity index (χ3v) is 4.95. The standard InChI is InChI=1S/C23H23N3O3/c1-25(15-17-8-4-2-5-9-17)22(27)16-29-23(28)21-14-20(18-12-13-18)24-26(21)19-10-6-3-7-11-19/h2-11,14,18H,12-13,15-16H2,1H3. The van der Waals surface area contributed by atoms with Crippen LogP contribution in [0.25, 0.3) is 5.69 Å². The third kappa shape index (κ3) is 4.54. The van der Waals surface area contributed by atoms with Crippen LogP contribution >= 0.6 is 0 Å². The van der Waals surface area contributed by atoms with E-state index >= 15 is 0 Å². The van der Waals surface area contributed by atoms with E-state index in [4.69, 9.17) is 4.74 Å². The van der Waals surface area contributed by atoms with Gasteiger partial charge in [0, 0.05) is 19.5 Å². The molecular formula is C23H23N3O3. The molecule has 0 radical (unpaired) electrons. The SMILES string of the molecule is CN(Cc1ccccc1)C(=O)COC(=O)c1cc(C2CC2)nn1-c1ccccc1. The van der Waals surface area contributed by atoms with Gasteiger partial charge in [0.1, 0.15) is 0 Å². The van der Waals surface area contributed by atoms with Crippen LogP contribution in [0, 0.1) is 0 Å². The smallest absolute Gasteiger partial charge is 0.357 e.